The molecule has 2 amide bonds. The van der Waals surface area contributed by atoms with Gasteiger partial charge >= 0.3 is 6.18 Å². The molecule has 2 aromatic rings. The molecule has 28 heavy (non-hydrogen) atoms. The van der Waals surface area contributed by atoms with Gasteiger partial charge in [-0.3, -0.25) is 9.59 Å². The lowest BCUT2D eigenvalue weighted by molar-refractivity contribution is -0.157. The Morgan fingerprint density at radius 1 is 1.25 bits per heavy atom. The van der Waals surface area contributed by atoms with Gasteiger partial charge in [0.1, 0.15) is 35.6 Å². The maximum Gasteiger partial charge on any atom is 0.406 e. The van der Waals surface area contributed by atoms with Gasteiger partial charge in [-0.2, -0.15) is 13.2 Å². The van der Waals surface area contributed by atoms with Gasteiger partial charge in [-0.15, -0.1) is 0 Å². The largest absolute Gasteiger partial charge is 0.456 e. The van der Waals surface area contributed by atoms with Crippen molar-refractivity contribution in [1.29, 1.82) is 0 Å². The molecule has 0 aliphatic carbocycles. The minimum atomic E-state index is -4.49. The first kappa shape index (κ1) is 19.6. The molecule has 1 aliphatic rings. The predicted octanol–water partition coefficient (Wildman–Crippen LogP) is 2.91. The highest BCUT2D eigenvalue weighted by atomic mass is 19.4. The number of alkyl halides is 3. The van der Waals surface area contributed by atoms with Crippen LogP contribution >= 0.6 is 0 Å². The van der Waals surface area contributed by atoms with Gasteiger partial charge in [0.25, 0.3) is 5.91 Å². The van der Waals surface area contributed by atoms with Gasteiger partial charge in [0.15, 0.2) is 0 Å². The van der Waals surface area contributed by atoms with E-state index in [2.05, 4.69) is 10.3 Å². The maximum atomic E-state index is 13.1. The van der Waals surface area contributed by atoms with Crippen molar-refractivity contribution in [2.24, 2.45) is 0 Å². The Bertz CT molecular complexity index is 871. The fraction of sp³-hybridized carbons (Fsp3) is 0.278. The van der Waals surface area contributed by atoms with Crippen molar-refractivity contribution in [2.45, 2.75) is 18.6 Å². The number of ether oxygens (including phenoxy) is 1. The van der Waals surface area contributed by atoms with Gasteiger partial charge in [-0.1, -0.05) is 6.07 Å². The average molecular weight is 397 g/mol. The van der Waals surface area contributed by atoms with Crippen LogP contribution in [0, 0.1) is 5.82 Å². The summed E-state index contributed by atoms with van der Waals surface area (Å²) < 4.78 is 55.8. The van der Waals surface area contributed by atoms with Crippen LogP contribution in [-0.4, -0.2) is 47.0 Å². The van der Waals surface area contributed by atoms with Crippen molar-refractivity contribution in [3.05, 3.63) is 54.1 Å². The van der Waals surface area contributed by atoms with Gasteiger partial charge in [0.05, 0.1) is 6.20 Å². The van der Waals surface area contributed by atoms with Gasteiger partial charge < -0.3 is 15.0 Å². The highest BCUT2D eigenvalue weighted by Gasteiger charge is 2.39. The molecule has 3 rings (SSSR count). The summed E-state index contributed by atoms with van der Waals surface area (Å²) in [5.41, 5.74) is -0.0336. The summed E-state index contributed by atoms with van der Waals surface area (Å²) in [6, 6.07) is 7.19. The fourth-order valence-corrected chi connectivity index (χ4v) is 2.72. The van der Waals surface area contributed by atoms with Crippen LogP contribution in [0.25, 0.3) is 0 Å². The van der Waals surface area contributed by atoms with E-state index in [-0.39, 0.29) is 30.2 Å². The quantitative estimate of drug-likeness (QED) is 0.788. The lowest BCUT2D eigenvalue weighted by atomic mass is 10.2. The Hall–Kier alpha value is -3.17. The standard InChI is InChI=1S/C18H15F4N3O3/c19-11-2-1-3-12(8-11)28-13-4-5-14(23-9-13)16(26)24-15-6-7-25(17(15)27)10-18(20,21)22/h1-5,8-9,15H,6-7,10H2,(H,24,26). The molecule has 1 aliphatic heterocycles. The second-order valence-corrected chi connectivity index (χ2v) is 6.13. The molecule has 0 radical (unpaired) electrons. The molecule has 1 aromatic carbocycles. The van der Waals surface area contributed by atoms with Crippen LogP contribution in [-0.2, 0) is 4.79 Å². The van der Waals surface area contributed by atoms with E-state index in [1.807, 2.05) is 0 Å². The summed E-state index contributed by atoms with van der Waals surface area (Å²) in [7, 11) is 0. The molecule has 1 atom stereocenters. The van der Waals surface area contributed by atoms with Crippen LogP contribution in [0.15, 0.2) is 42.6 Å². The Balaban J connectivity index is 1.58. The van der Waals surface area contributed by atoms with Crippen molar-refractivity contribution >= 4 is 11.8 Å². The lowest BCUT2D eigenvalue weighted by Crippen LogP contribution is -2.43. The normalized spacial score (nSPS) is 16.9. The molecule has 1 N–H and O–H groups in total. The van der Waals surface area contributed by atoms with Gasteiger partial charge in [-0.25, -0.2) is 9.37 Å². The monoisotopic (exact) mass is 397 g/mol. The van der Waals surface area contributed by atoms with Crippen molar-refractivity contribution in [1.82, 2.24) is 15.2 Å². The summed E-state index contributed by atoms with van der Waals surface area (Å²) in [4.78, 5) is 28.7. The average Bonchev–Trinajstić information content (AvgIpc) is 2.94. The maximum absolute atomic E-state index is 13.1. The fourth-order valence-electron chi connectivity index (χ4n) is 2.72. The summed E-state index contributed by atoms with van der Waals surface area (Å²) in [6.07, 6.45) is -3.17. The third-order valence-corrected chi connectivity index (χ3v) is 3.97. The highest BCUT2D eigenvalue weighted by molar-refractivity contribution is 5.96. The molecule has 0 spiro atoms. The molecule has 1 saturated heterocycles. The number of nitrogens with zero attached hydrogens (tertiary/aromatic N) is 2. The number of nitrogens with one attached hydrogen (secondary N) is 1. The number of carbonyl (C=O) groups is 2. The highest BCUT2D eigenvalue weighted by Crippen LogP contribution is 2.22. The molecule has 0 bridgehead atoms. The van der Waals surface area contributed by atoms with Crippen LogP contribution in [0.2, 0.25) is 0 Å². The summed E-state index contributed by atoms with van der Waals surface area (Å²) in [6.45, 7) is -1.43. The van der Waals surface area contributed by atoms with Gasteiger partial charge in [0.2, 0.25) is 5.91 Å². The number of hydrogen-bond donors (Lipinski definition) is 1. The van der Waals surface area contributed by atoms with E-state index < -0.39 is 36.4 Å². The Kier molecular flexibility index (Phi) is 5.48. The molecule has 148 valence electrons. The summed E-state index contributed by atoms with van der Waals surface area (Å²) in [5.74, 6) is -1.43. The van der Waals surface area contributed by atoms with Crippen LogP contribution < -0.4 is 10.1 Å². The molecule has 10 heteroatoms. The molecular weight excluding hydrogens is 382 g/mol. The summed E-state index contributed by atoms with van der Waals surface area (Å²) >= 11 is 0. The molecule has 6 nitrogen and oxygen atoms in total. The molecule has 0 saturated carbocycles. The zero-order valence-electron chi connectivity index (χ0n) is 14.4. The molecule has 1 aromatic heterocycles. The minimum absolute atomic E-state index is 0.0336. The zero-order chi connectivity index (χ0) is 20.3. The van der Waals surface area contributed by atoms with Gasteiger partial charge in [0, 0.05) is 12.6 Å². The number of carbonyl (C=O) groups excluding carboxylic acids is 2. The second kappa shape index (κ2) is 7.83. The number of amides is 2. The third kappa shape index (κ3) is 4.96. The van der Waals surface area contributed by atoms with Crippen molar-refractivity contribution < 1.29 is 31.9 Å². The first-order valence-electron chi connectivity index (χ1n) is 8.27. The van der Waals surface area contributed by atoms with E-state index in [1.165, 1.54) is 36.5 Å². The summed E-state index contributed by atoms with van der Waals surface area (Å²) in [5, 5.41) is 2.39. The van der Waals surface area contributed by atoms with Crippen LogP contribution in [0.4, 0.5) is 17.6 Å². The first-order chi connectivity index (χ1) is 13.2. The Morgan fingerprint density at radius 3 is 2.68 bits per heavy atom. The number of aromatic nitrogens is 1. The minimum Gasteiger partial charge on any atom is -0.456 e. The van der Waals surface area contributed by atoms with Crippen molar-refractivity contribution in [3.63, 3.8) is 0 Å². The number of halogens is 4. The number of likely N-dealkylation sites (tertiary alicyclic amines) is 1. The third-order valence-electron chi connectivity index (χ3n) is 3.97. The number of rotatable bonds is 5. The van der Waals surface area contributed by atoms with E-state index in [1.54, 1.807) is 6.07 Å². The number of hydrogen-bond acceptors (Lipinski definition) is 4. The van der Waals surface area contributed by atoms with Crippen molar-refractivity contribution in [2.75, 3.05) is 13.1 Å². The number of pyridine rings is 1. The molecular formula is C18H15F4N3O3. The topological polar surface area (TPSA) is 71.5 Å². The van der Waals surface area contributed by atoms with E-state index in [9.17, 15) is 27.2 Å². The predicted molar refractivity (Wildman–Crippen MR) is 89.2 cm³/mol. The lowest BCUT2D eigenvalue weighted by Gasteiger charge is -2.18. The Morgan fingerprint density at radius 2 is 2.04 bits per heavy atom. The second-order valence-electron chi connectivity index (χ2n) is 6.13. The van der Waals surface area contributed by atoms with Crippen LogP contribution in [0.1, 0.15) is 16.9 Å². The van der Waals surface area contributed by atoms with E-state index >= 15 is 0 Å². The zero-order valence-corrected chi connectivity index (χ0v) is 14.4. The first-order valence-corrected chi connectivity index (χ1v) is 8.27. The Labute approximate surface area is 157 Å². The molecule has 1 unspecified atom stereocenters. The number of benzene rings is 1. The van der Waals surface area contributed by atoms with Crippen LogP contribution in [0.3, 0.4) is 0 Å². The van der Waals surface area contributed by atoms with Gasteiger partial charge in [-0.05, 0) is 30.7 Å². The van der Waals surface area contributed by atoms with Crippen LogP contribution in [0.5, 0.6) is 11.5 Å². The molecule has 2 heterocycles. The van der Waals surface area contributed by atoms with E-state index in [0.29, 0.717) is 4.90 Å². The molecule has 1 fully saturated rings. The SMILES string of the molecule is O=C(NC1CCN(CC(F)(F)F)C1=O)c1ccc(Oc2cccc(F)c2)cn1. The van der Waals surface area contributed by atoms with E-state index in [0.717, 1.165) is 0 Å². The van der Waals surface area contributed by atoms with Crippen molar-refractivity contribution in [3.8, 4) is 11.5 Å². The van der Waals surface area contributed by atoms with E-state index in [4.69, 9.17) is 4.74 Å². The smallest absolute Gasteiger partial charge is 0.406 e.